The van der Waals surface area contributed by atoms with Crippen LogP contribution < -0.4 is 23.8 Å². The van der Waals surface area contributed by atoms with Gasteiger partial charge in [0.2, 0.25) is 5.69 Å². The van der Waals surface area contributed by atoms with E-state index >= 15 is 0 Å². The first kappa shape index (κ1) is 23.7. The van der Waals surface area contributed by atoms with Crippen molar-refractivity contribution in [3.63, 3.8) is 0 Å². The van der Waals surface area contributed by atoms with E-state index in [2.05, 4.69) is 22.9 Å². The van der Waals surface area contributed by atoms with E-state index in [1.165, 1.54) is 5.56 Å². The molecule has 1 aliphatic rings. The molecular formula is C20H26NO8P. The molecule has 1 heterocycles. The quantitative estimate of drug-likeness (QED) is 0.518. The van der Waals surface area contributed by atoms with Crippen LogP contribution in [0.1, 0.15) is 17.5 Å². The molecule has 0 aliphatic carbocycles. The Morgan fingerprint density at radius 2 is 1.47 bits per heavy atom. The third kappa shape index (κ3) is 6.47. The number of fused-ring (bicyclic) bond motifs is 1. The molecule has 0 fully saturated rings. The van der Waals surface area contributed by atoms with Gasteiger partial charge in [0.25, 0.3) is 7.82 Å². The van der Waals surface area contributed by atoms with Gasteiger partial charge in [-0.05, 0) is 30.7 Å². The van der Waals surface area contributed by atoms with Gasteiger partial charge in [-0.25, -0.2) is 0 Å². The first-order chi connectivity index (χ1) is 14.2. The molecular weight excluding hydrogens is 413 g/mol. The summed E-state index contributed by atoms with van der Waals surface area (Å²) in [6.45, 7) is 0.753. The molecule has 0 bridgehead atoms. The van der Waals surface area contributed by atoms with E-state index in [0.717, 1.165) is 53.6 Å². The van der Waals surface area contributed by atoms with Crippen LogP contribution in [0.2, 0.25) is 0 Å². The second-order valence-corrected chi connectivity index (χ2v) is 7.35. The highest BCUT2D eigenvalue weighted by molar-refractivity contribution is 7.43. The number of benzene rings is 2. The molecule has 2 N–H and O–H groups in total. The predicted octanol–water partition coefficient (Wildman–Crippen LogP) is 2.02. The average molecular weight is 439 g/mol. The summed E-state index contributed by atoms with van der Waals surface area (Å²) in [6, 6.07) is 10.1. The molecule has 0 aromatic heterocycles. The minimum atomic E-state index is -4.89. The van der Waals surface area contributed by atoms with Gasteiger partial charge in [-0.15, -0.1) is 0 Å². The Morgan fingerprint density at radius 3 is 2.03 bits per heavy atom. The van der Waals surface area contributed by atoms with Crippen molar-refractivity contribution in [1.82, 2.24) is 0 Å². The van der Waals surface area contributed by atoms with Crippen LogP contribution in [0.25, 0.3) is 0 Å². The van der Waals surface area contributed by atoms with Crippen LogP contribution in [0.5, 0.6) is 23.0 Å². The summed E-state index contributed by atoms with van der Waals surface area (Å²) in [4.78, 5) is 22.9. The summed E-state index contributed by atoms with van der Waals surface area (Å²) in [5.41, 5.74) is 3.57. The molecule has 0 radical (unpaired) electrons. The summed E-state index contributed by atoms with van der Waals surface area (Å²) < 4.78 is 32.6. The van der Waals surface area contributed by atoms with Crippen LogP contribution in [0.3, 0.4) is 0 Å². The summed E-state index contributed by atoms with van der Waals surface area (Å²) in [6.07, 6.45) is 4.22. The number of nitrogens with zero attached hydrogens (tertiary/aromatic N) is 1. The molecule has 30 heavy (non-hydrogen) atoms. The lowest BCUT2D eigenvalue weighted by atomic mass is 10.0. The topological polar surface area (TPSA) is 121 Å². The van der Waals surface area contributed by atoms with Crippen molar-refractivity contribution in [3.8, 4) is 23.0 Å². The number of rotatable bonds is 6. The van der Waals surface area contributed by atoms with Gasteiger partial charge in [-0.2, -0.15) is 4.58 Å². The highest BCUT2D eigenvalue weighted by Crippen LogP contribution is 2.37. The van der Waals surface area contributed by atoms with Gasteiger partial charge in [0.15, 0.2) is 29.5 Å². The summed E-state index contributed by atoms with van der Waals surface area (Å²) in [5, 5.41) is 0. The molecule has 10 heteroatoms. The summed E-state index contributed by atoms with van der Waals surface area (Å²) in [7, 11) is 1.74. The van der Waals surface area contributed by atoms with Crippen LogP contribution in [0, 0.1) is 0 Å². The fraction of sp³-hybridized carbons (Fsp3) is 0.350. The average Bonchev–Trinajstić information content (AvgIpc) is 2.71. The van der Waals surface area contributed by atoms with E-state index in [1.807, 2.05) is 18.2 Å². The standard InChI is InChI=1S/C20H24NO4.H3O4P/c1-22-17-8-7-14(10-18(17)23-2)13-21-9-5-6-15-11-19(24-3)20(25-4)12-16(15)21;1-5(2,3)4/h7-12H,5-6,13H2,1-4H3;(H3,1,2,3,4)/q+1;/p-1. The van der Waals surface area contributed by atoms with E-state index in [1.54, 1.807) is 28.4 Å². The number of hydrogen-bond acceptors (Lipinski definition) is 6. The Bertz CT molecular complexity index is 946. The van der Waals surface area contributed by atoms with Gasteiger partial charge < -0.3 is 33.6 Å². The Kier molecular flexibility index (Phi) is 8.25. The number of ether oxygens (including phenoxy) is 4. The smallest absolute Gasteiger partial charge is 0.262 e. The number of phosphoric acid groups is 1. The second-order valence-electron chi connectivity index (χ2n) is 6.36. The molecule has 1 aliphatic heterocycles. The van der Waals surface area contributed by atoms with E-state index < -0.39 is 7.82 Å². The SMILES string of the molecule is COc1ccc(C[N+]2=CCCc3cc(OC)c(OC)cc32)cc1OC.O=P([O-])(O)O. The lowest BCUT2D eigenvalue weighted by molar-refractivity contribution is -0.456. The molecule has 0 saturated carbocycles. The van der Waals surface area contributed by atoms with Crippen LogP contribution in [0.15, 0.2) is 30.3 Å². The van der Waals surface area contributed by atoms with Crippen molar-refractivity contribution in [3.05, 3.63) is 41.5 Å². The van der Waals surface area contributed by atoms with Gasteiger partial charge in [0.05, 0.1) is 34.5 Å². The fourth-order valence-electron chi connectivity index (χ4n) is 3.18. The van der Waals surface area contributed by atoms with E-state index in [-0.39, 0.29) is 0 Å². The van der Waals surface area contributed by atoms with Crippen molar-refractivity contribution in [2.75, 3.05) is 28.4 Å². The minimum absolute atomic E-state index is 0.737. The Hall–Kier alpha value is -2.58. The van der Waals surface area contributed by atoms with Crippen molar-refractivity contribution in [1.29, 1.82) is 0 Å². The molecule has 9 nitrogen and oxygen atoms in total. The summed E-state index contributed by atoms with van der Waals surface area (Å²) in [5.74, 6) is 2.99. The molecule has 0 saturated heterocycles. The number of methoxy groups -OCH3 is 4. The van der Waals surface area contributed by atoms with Gasteiger partial charge >= 0.3 is 0 Å². The second kappa shape index (κ2) is 10.4. The monoisotopic (exact) mass is 439 g/mol. The predicted molar refractivity (Wildman–Crippen MR) is 109 cm³/mol. The fourth-order valence-corrected chi connectivity index (χ4v) is 3.18. The third-order valence-corrected chi connectivity index (χ3v) is 4.46. The molecule has 2 aromatic rings. The number of aryl methyl sites for hydroxylation is 1. The Labute approximate surface area is 175 Å². The van der Waals surface area contributed by atoms with Crippen molar-refractivity contribution in [2.45, 2.75) is 19.4 Å². The van der Waals surface area contributed by atoms with Crippen LogP contribution in [0.4, 0.5) is 5.69 Å². The van der Waals surface area contributed by atoms with Gasteiger partial charge in [0, 0.05) is 17.5 Å². The van der Waals surface area contributed by atoms with Crippen molar-refractivity contribution < 1.29 is 42.8 Å². The first-order valence-electron chi connectivity index (χ1n) is 9.02. The zero-order valence-corrected chi connectivity index (χ0v) is 18.2. The molecule has 0 amide bonds. The van der Waals surface area contributed by atoms with E-state index in [4.69, 9.17) is 38.2 Å². The normalized spacial score (nSPS) is 12.7. The molecule has 164 valence electrons. The molecule has 0 spiro atoms. The Balaban J connectivity index is 0.000000575. The molecule has 0 unspecified atom stereocenters. The van der Waals surface area contributed by atoms with Gasteiger partial charge in [-0.3, -0.25) is 4.57 Å². The highest BCUT2D eigenvalue weighted by Gasteiger charge is 2.23. The van der Waals surface area contributed by atoms with E-state index in [0.29, 0.717) is 0 Å². The molecule has 3 rings (SSSR count). The van der Waals surface area contributed by atoms with Gasteiger partial charge in [0.1, 0.15) is 6.21 Å². The zero-order chi connectivity index (χ0) is 22.3. The third-order valence-electron chi connectivity index (χ3n) is 4.46. The zero-order valence-electron chi connectivity index (χ0n) is 17.3. The highest BCUT2D eigenvalue weighted by atomic mass is 31.2. The van der Waals surface area contributed by atoms with Crippen molar-refractivity contribution in [2.24, 2.45) is 0 Å². The summed E-state index contributed by atoms with van der Waals surface area (Å²) >= 11 is 0. The maximum atomic E-state index is 8.77. The van der Waals surface area contributed by atoms with Crippen LogP contribution in [-0.4, -0.2) is 49.0 Å². The molecule has 0 atom stereocenters. The van der Waals surface area contributed by atoms with E-state index in [9.17, 15) is 0 Å². The lowest BCUT2D eigenvalue weighted by Crippen LogP contribution is -2.14. The Morgan fingerprint density at radius 1 is 0.933 bits per heavy atom. The maximum Gasteiger partial charge on any atom is 0.262 e. The van der Waals surface area contributed by atoms with Crippen LogP contribution in [-0.2, 0) is 17.5 Å². The molecule has 2 aromatic carbocycles. The van der Waals surface area contributed by atoms with Crippen LogP contribution >= 0.6 is 7.82 Å². The number of hydrogen-bond donors (Lipinski definition) is 2. The lowest BCUT2D eigenvalue weighted by Gasteiger charge is -2.16. The van der Waals surface area contributed by atoms with Crippen molar-refractivity contribution >= 4 is 19.7 Å². The minimum Gasteiger partial charge on any atom is -0.756 e. The first-order valence-corrected chi connectivity index (χ1v) is 10.6. The maximum absolute atomic E-state index is 8.77. The largest absolute Gasteiger partial charge is 0.756 e. The van der Waals surface area contributed by atoms with Gasteiger partial charge in [-0.1, -0.05) is 0 Å².